The molecule has 1 heterocycles. The van der Waals surface area contributed by atoms with Crippen molar-refractivity contribution in [3.8, 4) is 0 Å². The van der Waals surface area contributed by atoms with E-state index in [-0.39, 0.29) is 5.60 Å². The van der Waals surface area contributed by atoms with Crippen LogP contribution in [-0.2, 0) is 9.53 Å². The summed E-state index contributed by atoms with van der Waals surface area (Å²) in [7, 11) is 0. The van der Waals surface area contributed by atoms with Crippen LogP contribution in [0.25, 0.3) is 0 Å². The molecule has 0 spiro atoms. The van der Waals surface area contributed by atoms with Gasteiger partial charge in [0, 0.05) is 0 Å². The maximum Gasteiger partial charge on any atom is 0.339 e. The Morgan fingerprint density at radius 3 is 2.55 bits per heavy atom. The van der Waals surface area contributed by atoms with Gasteiger partial charge >= 0.3 is 5.97 Å². The molecule has 1 saturated carbocycles. The van der Waals surface area contributed by atoms with E-state index in [9.17, 15) is 4.79 Å². The average Bonchev–Trinajstić information content (AvgIpc) is 2.56. The van der Waals surface area contributed by atoms with Gasteiger partial charge in [0.05, 0.1) is 0 Å². The minimum Gasteiger partial charge on any atom is -0.479 e. The lowest BCUT2D eigenvalue weighted by Crippen LogP contribution is -2.35. The van der Waals surface area contributed by atoms with Crippen molar-refractivity contribution in [3.63, 3.8) is 0 Å². The van der Waals surface area contributed by atoms with Gasteiger partial charge in [0.25, 0.3) is 0 Å². The molecular formula is C8H12O3. The molecule has 11 heavy (non-hydrogen) atoms. The highest BCUT2D eigenvalue weighted by Crippen LogP contribution is 2.57. The van der Waals surface area contributed by atoms with Crippen molar-refractivity contribution >= 4 is 5.97 Å². The van der Waals surface area contributed by atoms with Gasteiger partial charge in [-0.05, 0) is 26.2 Å². The van der Waals surface area contributed by atoms with Gasteiger partial charge < -0.3 is 9.84 Å². The Bertz CT molecular complexity index is 209. The molecule has 0 aromatic heterocycles. The number of ether oxygens (including phenoxy) is 1. The van der Waals surface area contributed by atoms with E-state index in [1.807, 2.05) is 6.92 Å². The summed E-state index contributed by atoms with van der Waals surface area (Å²) in [5, 5.41) is 8.88. The quantitative estimate of drug-likeness (QED) is 0.580. The Morgan fingerprint density at radius 1 is 1.45 bits per heavy atom. The molecule has 2 fully saturated rings. The monoisotopic (exact) mass is 156 g/mol. The van der Waals surface area contributed by atoms with Crippen LogP contribution in [0.4, 0.5) is 0 Å². The first-order valence-electron chi connectivity index (χ1n) is 4.04. The first-order valence-corrected chi connectivity index (χ1v) is 4.04. The lowest BCUT2D eigenvalue weighted by atomic mass is 9.81. The first kappa shape index (κ1) is 7.10. The van der Waals surface area contributed by atoms with Crippen LogP contribution in [0.2, 0.25) is 0 Å². The summed E-state index contributed by atoms with van der Waals surface area (Å²) in [5.41, 5.74) is -1.14. The zero-order valence-electron chi connectivity index (χ0n) is 6.59. The molecule has 1 saturated heterocycles. The number of carbonyl (C=O) groups is 1. The third-order valence-electron chi connectivity index (χ3n) is 2.99. The summed E-state index contributed by atoms with van der Waals surface area (Å²) < 4.78 is 5.31. The fourth-order valence-electron chi connectivity index (χ4n) is 2.14. The van der Waals surface area contributed by atoms with Crippen LogP contribution >= 0.6 is 0 Å². The predicted molar refractivity (Wildman–Crippen MR) is 38.3 cm³/mol. The summed E-state index contributed by atoms with van der Waals surface area (Å²) in [6.45, 7) is 1.90. The third kappa shape index (κ3) is 0.692. The topological polar surface area (TPSA) is 49.8 Å². The molecule has 3 nitrogen and oxygen atoms in total. The Hall–Kier alpha value is -0.570. The van der Waals surface area contributed by atoms with Gasteiger partial charge in [-0.15, -0.1) is 0 Å². The summed E-state index contributed by atoms with van der Waals surface area (Å²) in [5.74, 6) is -0.778. The van der Waals surface area contributed by atoms with Crippen molar-refractivity contribution in [2.45, 2.75) is 43.8 Å². The van der Waals surface area contributed by atoms with E-state index < -0.39 is 11.6 Å². The van der Waals surface area contributed by atoms with Crippen LogP contribution in [0.15, 0.2) is 0 Å². The van der Waals surface area contributed by atoms with Crippen molar-refractivity contribution in [1.29, 1.82) is 0 Å². The average molecular weight is 156 g/mol. The van der Waals surface area contributed by atoms with Gasteiger partial charge in [-0.25, -0.2) is 4.79 Å². The molecule has 0 aromatic rings. The molecule has 3 heteroatoms. The smallest absolute Gasteiger partial charge is 0.339 e. The van der Waals surface area contributed by atoms with Crippen LogP contribution in [0.3, 0.4) is 0 Å². The molecule has 2 atom stereocenters. The maximum absolute atomic E-state index is 10.8. The SMILES string of the molecule is CC12CCCCC1(C(=O)O)O2. The minimum atomic E-state index is -0.800. The number of epoxide rings is 1. The largest absolute Gasteiger partial charge is 0.479 e. The Morgan fingerprint density at radius 2 is 2.09 bits per heavy atom. The molecule has 1 aliphatic heterocycles. The highest BCUT2D eigenvalue weighted by atomic mass is 16.6. The Labute approximate surface area is 65.4 Å². The number of carboxylic acids is 1. The molecule has 2 rings (SSSR count). The van der Waals surface area contributed by atoms with Gasteiger partial charge in [-0.3, -0.25) is 0 Å². The Kier molecular flexibility index (Phi) is 1.15. The molecule has 62 valence electrons. The maximum atomic E-state index is 10.8. The summed E-state index contributed by atoms with van der Waals surface area (Å²) in [6.07, 6.45) is 3.69. The summed E-state index contributed by atoms with van der Waals surface area (Å²) in [6, 6.07) is 0. The van der Waals surface area contributed by atoms with Crippen LogP contribution < -0.4 is 0 Å². The molecule has 1 aliphatic carbocycles. The summed E-state index contributed by atoms with van der Waals surface area (Å²) in [4.78, 5) is 10.8. The van der Waals surface area contributed by atoms with Crippen LogP contribution in [0, 0.1) is 0 Å². The number of aliphatic carboxylic acids is 1. The number of rotatable bonds is 1. The fourth-order valence-corrected chi connectivity index (χ4v) is 2.14. The Balaban J connectivity index is 2.23. The predicted octanol–water partition coefficient (Wildman–Crippen LogP) is 1.17. The summed E-state index contributed by atoms with van der Waals surface area (Å²) >= 11 is 0. The van der Waals surface area contributed by atoms with E-state index in [1.165, 1.54) is 0 Å². The molecule has 0 bridgehead atoms. The second kappa shape index (κ2) is 1.78. The lowest BCUT2D eigenvalue weighted by molar-refractivity contribution is -0.143. The molecule has 2 aliphatic rings. The minimum absolute atomic E-state index is 0.336. The first-order chi connectivity index (χ1) is 5.11. The second-order valence-electron chi connectivity index (χ2n) is 3.67. The number of fused-ring (bicyclic) bond motifs is 1. The van der Waals surface area contributed by atoms with Gasteiger partial charge in [0.15, 0.2) is 5.60 Å². The second-order valence-corrected chi connectivity index (χ2v) is 3.67. The highest BCUT2D eigenvalue weighted by Gasteiger charge is 2.72. The van der Waals surface area contributed by atoms with Crippen molar-refractivity contribution < 1.29 is 14.6 Å². The van der Waals surface area contributed by atoms with E-state index >= 15 is 0 Å². The number of carboxylic acid groups (broad SMARTS) is 1. The fraction of sp³-hybridized carbons (Fsp3) is 0.875. The van der Waals surface area contributed by atoms with Gasteiger partial charge in [0.2, 0.25) is 0 Å². The molecular weight excluding hydrogens is 144 g/mol. The van der Waals surface area contributed by atoms with Crippen molar-refractivity contribution in [2.24, 2.45) is 0 Å². The van der Waals surface area contributed by atoms with Gasteiger partial charge in [-0.2, -0.15) is 0 Å². The van der Waals surface area contributed by atoms with Crippen molar-refractivity contribution in [1.82, 2.24) is 0 Å². The zero-order valence-corrected chi connectivity index (χ0v) is 6.59. The number of hydrogen-bond donors (Lipinski definition) is 1. The van der Waals surface area contributed by atoms with E-state index in [2.05, 4.69) is 0 Å². The van der Waals surface area contributed by atoms with Crippen molar-refractivity contribution in [3.05, 3.63) is 0 Å². The van der Waals surface area contributed by atoms with E-state index in [4.69, 9.17) is 9.84 Å². The van der Waals surface area contributed by atoms with Crippen molar-refractivity contribution in [2.75, 3.05) is 0 Å². The van der Waals surface area contributed by atoms with Crippen LogP contribution in [0.1, 0.15) is 32.6 Å². The van der Waals surface area contributed by atoms with Gasteiger partial charge in [0.1, 0.15) is 5.60 Å². The molecule has 0 radical (unpaired) electrons. The molecule has 0 aromatic carbocycles. The van der Waals surface area contributed by atoms with E-state index in [0.29, 0.717) is 6.42 Å². The normalized spacial score (nSPS) is 48.1. The molecule has 1 N–H and O–H groups in total. The highest BCUT2D eigenvalue weighted by molar-refractivity contribution is 5.83. The van der Waals surface area contributed by atoms with E-state index in [0.717, 1.165) is 19.3 Å². The van der Waals surface area contributed by atoms with Crippen LogP contribution in [-0.4, -0.2) is 22.3 Å². The van der Waals surface area contributed by atoms with Crippen LogP contribution in [0.5, 0.6) is 0 Å². The zero-order chi connectivity index (χ0) is 8.11. The number of hydrogen-bond acceptors (Lipinski definition) is 2. The molecule has 0 amide bonds. The van der Waals surface area contributed by atoms with Gasteiger partial charge in [-0.1, -0.05) is 6.42 Å². The third-order valence-corrected chi connectivity index (χ3v) is 2.99. The lowest BCUT2D eigenvalue weighted by Gasteiger charge is -2.17. The van der Waals surface area contributed by atoms with E-state index in [1.54, 1.807) is 0 Å². The molecule has 2 unspecified atom stereocenters. The standard InChI is InChI=1S/C8H12O3/c1-7-4-2-3-5-8(7,11-7)6(9)10/h2-5H2,1H3,(H,9,10).